The molecule has 0 aromatic carbocycles. The summed E-state index contributed by atoms with van der Waals surface area (Å²) < 4.78 is 8.36. The minimum atomic E-state index is -0.228. The fourth-order valence-electron chi connectivity index (χ4n) is 4.04. The van der Waals surface area contributed by atoms with E-state index in [0.717, 1.165) is 31.5 Å². The SMILES string of the molecule is Cc1ccc(C(=O)NC2CCN(C(=O)Cn3nc4n(c3=O)CCCCC4)CC2)o1. The summed E-state index contributed by atoms with van der Waals surface area (Å²) in [7, 11) is 0. The van der Waals surface area contributed by atoms with Gasteiger partial charge >= 0.3 is 5.69 Å². The Hall–Kier alpha value is -2.84. The second kappa shape index (κ2) is 8.26. The number of aryl methyl sites for hydroxylation is 2. The fraction of sp³-hybridized carbons (Fsp3) is 0.600. The predicted octanol–water partition coefficient (Wildman–Crippen LogP) is 1.09. The molecule has 0 radical (unpaired) electrons. The largest absolute Gasteiger partial charge is 0.456 e. The van der Waals surface area contributed by atoms with E-state index >= 15 is 0 Å². The van der Waals surface area contributed by atoms with Gasteiger partial charge in [-0.25, -0.2) is 9.48 Å². The Morgan fingerprint density at radius 2 is 1.97 bits per heavy atom. The van der Waals surface area contributed by atoms with E-state index in [9.17, 15) is 14.4 Å². The van der Waals surface area contributed by atoms with Gasteiger partial charge in [-0.15, -0.1) is 0 Å². The van der Waals surface area contributed by atoms with Gasteiger partial charge in [-0.05, 0) is 44.7 Å². The minimum Gasteiger partial charge on any atom is -0.456 e. The third kappa shape index (κ3) is 4.28. The van der Waals surface area contributed by atoms with E-state index < -0.39 is 0 Å². The second-order valence-corrected chi connectivity index (χ2v) is 7.86. The molecule has 29 heavy (non-hydrogen) atoms. The van der Waals surface area contributed by atoms with Gasteiger partial charge in [-0.1, -0.05) is 6.42 Å². The Balaban J connectivity index is 1.30. The topological polar surface area (TPSA) is 102 Å². The minimum absolute atomic E-state index is 0.00310. The van der Waals surface area contributed by atoms with Gasteiger partial charge in [0.15, 0.2) is 5.76 Å². The van der Waals surface area contributed by atoms with E-state index in [1.165, 1.54) is 4.68 Å². The zero-order valence-electron chi connectivity index (χ0n) is 16.7. The Kier molecular flexibility index (Phi) is 5.55. The number of nitrogens with zero attached hydrogens (tertiary/aromatic N) is 4. The number of hydrogen-bond donors (Lipinski definition) is 1. The maximum atomic E-state index is 12.7. The summed E-state index contributed by atoms with van der Waals surface area (Å²) in [6.45, 7) is 3.54. The average Bonchev–Trinajstić information content (AvgIpc) is 3.17. The summed E-state index contributed by atoms with van der Waals surface area (Å²) >= 11 is 0. The molecule has 2 aromatic rings. The molecule has 2 amide bonds. The highest BCUT2D eigenvalue weighted by molar-refractivity contribution is 5.91. The van der Waals surface area contributed by atoms with Crippen LogP contribution in [0.25, 0.3) is 0 Å². The number of piperidine rings is 1. The first-order valence-electron chi connectivity index (χ1n) is 10.3. The third-order valence-electron chi connectivity index (χ3n) is 5.71. The number of carbonyl (C=O) groups excluding carboxylic acids is 2. The number of fused-ring (bicyclic) bond motifs is 1. The molecule has 1 fully saturated rings. The highest BCUT2D eigenvalue weighted by Gasteiger charge is 2.26. The van der Waals surface area contributed by atoms with Gasteiger partial charge in [-0.3, -0.25) is 14.2 Å². The van der Waals surface area contributed by atoms with Gasteiger partial charge in [0.1, 0.15) is 18.1 Å². The summed E-state index contributed by atoms with van der Waals surface area (Å²) in [5.74, 6) is 1.46. The first-order valence-corrected chi connectivity index (χ1v) is 10.3. The molecule has 0 atom stereocenters. The molecule has 156 valence electrons. The molecule has 4 heterocycles. The van der Waals surface area contributed by atoms with Crippen LogP contribution in [0.5, 0.6) is 0 Å². The molecule has 9 heteroatoms. The van der Waals surface area contributed by atoms with Crippen molar-refractivity contribution in [1.29, 1.82) is 0 Å². The van der Waals surface area contributed by atoms with Crippen molar-refractivity contribution in [2.75, 3.05) is 13.1 Å². The number of carbonyl (C=O) groups is 2. The Morgan fingerprint density at radius 3 is 2.69 bits per heavy atom. The van der Waals surface area contributed by atoms with Crippen molar-refractivity contribution in [3.63, 3.8) is 0 Å². The third-order valence-corrected chi connectivity index (χ3v) is 5.71. The first kappa shape index (κ1) is 19.5. The zero-order chi connectivity index (χ0) is 20.4. The van der Waals surface area contributed by atoms with Crippen molar-refractivity contribution in [2.45, 2.75) is 64.6 Å². The fourth-order valence-corrected chi connectivity index (χ4v) is 4.04. The lowest BCUT2D eigenvalue weighted by Gasteiger charge is -2.32. The summed E-state index contributed by atoms with van der Waals surface area (Å²) in [4.78, 5) is 39.2. The number of likely N-dealkylation sites (tertiary alicyclic amines) is 1. The highest BCUT2D eigenvalue weighted by Crippen LogP contribution is 2.14. The smallest absolute Gasteiger partial charge is 0.346 e. The molecule has 2 aromatic heterocycles. The maximum absolute atomic E-state index is 12.7. The average molecular weight is 401 g/mol. The van der Waals surface area contributed by atoms with Crippen LogP contribution >= 0.6 is 0 Å². The molecule has 9 nitrogen and oxygen atoms in total. The van der Waals surface area contributed by atoms with Crippen LogP contribution in [-0.2, 0) is 24.3 Å². The predicted molar refractivity (Wildman–Crippen MR) is 105 cm³/mol. The molecule has 0 aliphatic carbocycles. The van der Waals surface area contributed by atoms with Gasteiger partial charge in [0.25, 0.3) is 5.91 Å². The molecule has 0 unspecified atom stereocenters. The zero-order valence-corrected chi connectivity index (χ0v) is 16.7. The van der Waals surface area contributed by atoms with Crippen LogP contribution in [0.1, 0.15) is 54.2 Å². The number of nitrogens with one attached hydrogen (secondary N) is 1. The molecule has 1 N–H and O–H groups in total. The van der Waals surface area contributed by atoms with Gasteiger partial charge in [-0.2, -0.15) is 5.10 Å². The van der Waals surface area contributed by atoms with Crippen LogP contribution in [0.4, 0.5) is 0 Å². The van der Waals surface area contributed by atoms with Crippen LogP contribution in [-0.4, -0.2) is 50.2 Å². The summed E-state index contributed by atoms with van der Waals surface area (Å²) in [6.07, 6.45) is 5.24. The maximum Gasteiger partial charge on any atom is 0.346 e. The van der Waals surface area contributed by atoms with Crippen LogP contribution in [0.3, 0.4) is 0 Å². The van der Waals surface area contributed by atoms with E-state index in [1.807, 2.05) is 0 Å². The van der Waals surface area contributed by atoms with Crippen LogP contribution in [0.2, 0.25) is 0 Å². The van der Waals surface area contributed by atoms with Gasteiger partial charge in [0.05, 0.1) is 0 Å². The van der Waals surface area contributed by atoms with Crippen LogP contribution in [0.15, 0.2) is 21.3 Å². The van der Waals surface area contributed by atoms with Crippen molar-refractivity contribution in [2.24, 2.45) is 0 Å². The van der Waals surface area contributed by atoms with E-state index in [-0.39, 0.29) is 30.1 Å². The number of aromatic nitrogens is 3. The molecular weight excluding hydrogens is 374 g/mol. The van der Waals surface area contributed by atoms with Crippen molar-refractivity contribution >= 4 is 11.8 Å². The summed E-state index contributed by atoms with van der Waals surface area (Å²) in [5, 5.41) is 7.35. The van der Waals surface area contributed by atoms with Crippen LogP contribution < -0.4 is 11.0 Å². The summed E-state index contributed by atoms with van der Waals surface area (Å²) in [5.41, 5.74) is -0.189. The number of hydrogen-bond acceptors (Lipinski definition) is 5. The van der Waals surface area contributed by atoms with Gasteiger partial charge < -0.3 is 14.6 Å². The molecule has 1 saturated heterocycles. The van der Waals surface area contributed by atoms with Crippen molar-refractivity contribution in [3.05, 3.63) is 40.0 Å². The lowest BCUT2D eigenvalue weighted by Crippen LogP contribution is -2.47. The van der Waals surface area contributed by atoms with Crippen LogP contribution in [0, 0.1) is 6.92 Å². The van der Waals surface area contributed by atoms with Crippen molar-refractivity contribution in [3.8, 4) is 0 Å². The van der Waals surface area contributed by atoms with E-state index in [4.69, 9.17) is 4.42 Å². The number of rotatable bonds is 4. The van der Waals surface area contributed by atoms with Gasteiger partial charge in [0, 0.05) is 32.1 Å². The normalized spacial score (nSPS) is 17.6. The molecule has 0 saturated carbocycles. The van der Waals surface area contributed by atoms with Crippen molar-refractivity contribution < 1.29 is 14.0 Å². The summed E-state index contributed by atoms with van der Waals surface area (Å²) in [6, 6.07) is 3.42. The highest BCUT2D eigenvalue weighted by atomic mass is 16.3. The molecule has 0 spiro atoms. The van der Waals surface area contributed by atoms with Gasteiger partial charge in [0.2, 0.25) is 5.91 Å². The van der Waals surface area contributed by atoms with E-state index in [0.29, 0.717) is 44.0 Å². The number of amides is 2. The molecule has 4 rings (SSSR count). The van der Waals surface area contributed by atoms with E-state index in [1.54, 1.807) is 28.5 Å². The Labute approximate surface area is 168 Å². The Morgan fingerprint density at radius 1 is 1.17 bits per heavy atom. The molecular formula is C20H27N5O4. The first-order chi connectivity index (χ1) is 14.0. The quantitative estimate of drug-likeness (QED) is 0.826. The lowest BCUT2D eigenvalue weighted by atomic mass is 10.0. The molecule has 2 aliphatic rings. The lowest BCUT2D eigenvalue weighted by molar-refractivity contribution is -0.133. The van der Waals surface area contributed by atoms with E-state index in [2.05, 4.69) is 10.4 Å². The monoisotopic (exact) mass is 401 g/mol. The molecule has 0 bridgehead atoms. The standard InChI is InChI=1S/C20H27N5O4/c1-14-6-7-16(29-14)19(27)21-15-8-11-23(12-9-15)18(26)13-25-20(28)24-10-4-2-3-5-17(24)22-25/h6-7,15H,2-5,8-13H2,1H3,(H,21,27). The molecule has 2 aliphatic heterocycles. The second-order valence-electron chi connectivity index (χ2n) is 7.86. The van der Waals surface area contributed by atoms with Crippen molar-refractivity contribution in [1.82, 2.24) is 24.6 Å². The Bertz CT molecular complexity index is 948. The number of furan rings is 1.